The molecule has 328 valence electrons. The number of amides is 4. The molecule has 2 saturated carbocycles. The highest BCUT2D eigenvalue weighted by Crippen LogP contribution is 2.49. The number of carbonyl (C=O) groups excluding carboxylic acids is 3. The first-order valence-electron chi connectivity index (χ1n) is 20.0. The number of sulfonamides is 1. The van der Waals surface area contributed by atoms with Crippen LogP contribution >= 0.6 is 0 Å². The van der Waals surface area contributed by atoms with Gasteiger partial charge in [0.1, 0.15) is 29.5 Å². The summed E-state index contributed by atoms with van der Waals surface area (Å²) in [5, 5.41) is 13.8. The van der Waals surface area contributed by atoms with Crippen LogP contribution < -0.4 is 24.2 Å². The van der Waals surface area contributed by atoms with Crippen molar-refractivity contribution in [1.29, 1.82) is 0 Å². The molecule has 0 spiro atoms. The number of nitrogens with one attached hydrogen (secondary N) is 2. The van der Waals surface area contributed by atoms with E-state index in [1.807, 2.05) is 6.92 Å². The lowest BCUT2D eigenvalue weighted by molar-refractivity contribution is -0.201. The molecule has 1 aromatic carbocycles. The minimum absolute atomic E-state index is 0.0189. The van der Waals surface area contributed by atoms with Gasteiger partial charge in [-0.05, 0) is 80.9 Å². The molecule has 4 heterocycles. The molecule has 20 heteroatoms. The zero-order valence-electron chi connectivity index (χ0n) is 33.9. The highest BCUT2D eigenvalue weighted by atomic mass is 32.2. The molecule has 2 aromatic rings. The number of fused-ring (bicyclic) bond motifs is 3. The highest BCUT2D eigenvalue weighted by molar-refractivity contribution is 7.91. The summed E-state index contributed by atoms with van der Waals surface area (Å²) in [6.45, 7) is 4.77. The zero-order valence-corrected chi connectivity index (χ0v) is 34.7. The van der Waals surface area contributed by atoms with Crippen LogP contribution in [0.3, 0.4) is 0 Å². The number of allylic oxidation sites excluding steroid dienone is 1. The molecule has 3 aliphatic heterocycles. The highest BCUT2D eigenvalue weighted by Gasteiger charge is 2.66. The number of alkyl halides is 3. The number of hydrogen-bond donors (Lipinski definition) is 3. The first kappa shape index (κ1) is 43.2. The third-order valence-electron chi connectivity index (χ3n) is 12.7. The fourth-order valence-electron chi connectivity index (χ4n) is 8.75. The van der Waals surface area contributed by atoms with Gasteiger partial charge in [-0.25, -0.2) is 13.2 Å². The van der Waals surface area contributed by atoms with Gasteiger partial charge in [0.25, 0.3) is 5.91 Å². The summed E-state index contributed by atoms with van der Waals surface area (Å²) in [7, 11) is -1.47. The van der Waals surface area contributed by atoms with Gasteiger partial charge in [0.2, 0.25) is 33.6 Å². The standard InChI is InChI=1S/C40H50F3N5O11S/c1-21-8-6-7-9-24-18-39(24,36(51)46-60(54,55)38(3)12-13-38)45-33(49)28-17-29(59-34-27-11-10-26(56-4)15-23(27)16-30(44-34)57-5)32(40(41,42)43)48(28)35(50)31(22(2)14-21)47(37(52)53)25-19-58-20-25/h7,9-11,15-16,21-22,24-25,28-29,31-32H,6,8,12-14,17-20H2,1-5H3,(H,45,49)(H,46,51)(H,52,53)/b9-7-/t21-,22+,24+,28-,29+,31-,32?,39+/m0/s1. The Balaban J connectivity index is 1.35. The average Bonchev–Trinajstić information content (AvgIpc) is 4.04. The number of nitrogens with zero attached hydrogens (tertiary/aromatic N) is 3. The predicted octanol–water partition coefficient (Wildman–Crippen LogP) is 4.16. The lowest BCUT2D eigenvalue weighted by Crippen LogP contribution is -2.66. The maximum Gasteiger partial charge on any atom is 0.412 e. The molecule has 60 heavy (non-hydrogen) atoms. The second-order valence-electron chi connectivity index (χ2n) is 17.0. The summed E-state index contributed by atoms with van der Waals surface area (Å²) < 4.78 is 96.8. The van der Waals surface area contributed by atoms with E-state index in [1.54, 1.807) is 31.2 Å². The van der Waals surface area contributed by atoms with Gasteiger partial charge in [-0.15, -0.1) is 0 Å². The van der Waals surface area contributed by atoms with Crippen LogP contribution in [-0.2, 0) is 29.1 Å². The summed E-state index contributed by atoms with van der Waals surface area (Å²) in [5.74, 6) is -5.13. The van der Waals surface area contributed by atoms with Crippen molar-refractivity contribution in [3.8, 4) is 17.5 Å². The molecular weight excluding hydrogens is 816 g/mol. The van der Waals surface area contributed by atoms with Gasteiger partial charge in [-0.1, -0.05) is 26.0 Å². The van der Waals surface area contributed by atoms with Crippen molar-refractivity contribution in [3.05, 3.63) is 36.4 Å². The van der Waals surface area contributed by atoms with Crippen LogP contribution in [0.4, 0.5) is 18.0 Å². The third kappa shape index (κ3) is 8.03. The molecule has 3 N–H and O–H groups in total. The summed E-state index contributed by atoms with van der Waals surface area (Å²) in [6, 6.07) is -1.18. The van der Waals surface area contributed by atoms with Crippen LogP contribution in [0.2, 0.25) is 0 Å². The van der Waals surface area contributed by atoms with E-state index in [0.717, 1.165) is 4.90 Å². The van der Waals surface area contributed by atoms with E-state index in [2.05, 4.69) is 15.0 Å². The Hall–Kier alpha value is -4.85. The SMILES string of the molecule is COc1ccc2c(O[C@@H]3C[C@H]4C(=O)N[C@]5(C(=O)NS(=O)(=O)C6(C)CC6)C[C@H]5/C=C\CC[C@H](C)C[C@@H](C)[C@H](N(C(=O)O)C5COC5)C(=O)N4C3C(F)(F)F)nc(OC)cc2c1. The Bertz CT molecular complexity index is 2180. The topological polar surface area (TPSA) is 203 Å². The molecule has 16 nitrogen and oxygen atoms in total. The quantitative estimate of drug-likeness (QED) is 0.304. The lowest BCUT2D eigenvalue weighted by atomic mass is 9.86. The van der Waals surface area contributed by atoms with E-state index in [1.165, 1.54) is 33.3 Å². The third-order valence-corrected chi connectivity index (χ3v) is 14.8. The Morgan fingerprint density at radius 2 is 1.82 bits per heavy atom. The van der Waals surface area contributed by atoms with Gasteiger partial charge in [0.05, 0.1) is 38.2 Å². The predicted molar refractivity (Wildman–Crippen MR) is 208 cm³/mol. The Morgan fingerprint density at radius 1 is 1.10 bits per heavy atom. The normalized spacial score (nSPS) is 31.3. The van der Waals surface area contributed by atoms with E-state index < -0.39 is 98.8 Å². The number of ether oxygens (including phenoxy) is 4. The zero-order chi connectivity index (χ0) is 43.5. The Labute approximate surface area is 345 Å². The average molecular weight is 866 g/mol. The minimum Gasteiger partial charge on any atom is -0.497 e. The van der Waals surface area contributed by atoms with E-state index in [9.17, 15) is 27.9 Å². The second-order valence-corrected chi connectivity index (χ2v) is 19.2. The van der Waals surface area contributed by atoms with Gasteiger partial charge < -0.3 is 34.3 Å². The largest absolute Gasteiger partial charge is 0.497 e. The van der Waals surface area contributed by atoms with Crippen molar-refractivity contribution < 1.29 is 64.8 Å². The fourth-order valence-corrected chi connectivity index (χ4v) is 10.1. The van der Waals surface area contributed by atoms with Crippen LogP contribution in [-0.4, -0.2) is 126 Å². The summed E-state index contributed by atoms with van der Waals surface area (Å²) >= 11 is 0. The Kier molecular flexibility index (Phi) is 11.4. The maximum absolute atomic E-state index is 15.8. The smallest absolute Gasteiger partial charge is 0.412 e. The molecule has 8 atom stereocenters. The number of carboxylic acid groups (broad SMARTS) is 1. The monoisotopic (exact) mass is 865 g/mol. The summed E-state index contributed by atoms with van der Waals surface area (Å²) in [5.41, 5.74) is -1.88. The number of hydrogen-bond acceptors (Lipinski definition) is 11. The molecule has 2 saturated heterocycles. The van der Waals surface area contributed by atoms with E-state index >= 15 is 18.0 Å². The molecule has 0 bridgehead atoms. The molecule has 4 amide bonds. The second kappa shape index (κ2) is 15.9. The molecule has 0 radical (unpaired) electrons. The number of pyridine rings is 1. The molecule has 7 rings (SSSR count). The number of carbonyl (C=O) groups is 4. The van der Waals surface area contributed by atoms with Crippen LogP contribution in [0.25, 0.3) is 10.8 Å². The Morgan fingerprint density at radius 3 is 2.42 bits per heavy atom. The summed E-state index contributed by atoms with van der Waals surface area (Å²) in [6.07, 6.45) is -4.31. The van der Waals surface area contributed by atoms with Crippen LogP contribution in [0, 0.1) is 17.8 Å². The fraction of sp³-hybridized carbons (Fsp3) is 0.625. The van der Waals surface area contributed by atoms with Gasteiger partial charge in [0, 0.05) is 23.8 Å². The molecule has 4 fully saturated rings. The number of methoxy groups -OCH3 is 2. The minimum atomic E-state index is -5.27. The van der Waals surface area contributed by atoms with Crippen molar-refractivity contribution in [2.45, 2.75) is 112 Å². The number of benzene rings is 1. The first-order valence-corrected chi connectivity index (χ1v) is 21.4. The number of halogens is 3. The van der Waals surface area contributed by atoms with Gasteiger partial charge in [0.15, 0.2) is 6.04 Å². The number of aromatic nitrogens is 1. The van der Waals surface area contributed by atoms with Crippen molar-refractivity contribution >= 4 is 44.6 Å². The van der Waals surface area contributed by atoms with Gasteiger partial charge in [-0.2, -0.15) is 18.2 Å². The number of rotatable bonds is 9. The van der Waals surface area contributed by atoms with E-state index in [0.29, 0.717) is 41.7 Å². The molecule has 1 unspecified atom stereocenters. The summed E-state index contributed by atoms with van der Waals surface area (Å²) in [4.78, 5) is 62.4. The van der Waals surface area contributed by atoms with Gasteiger partial charge in [-0.3, -0.25) is 24.0 Å². The maximum atomic E-state index is 15.8. The van der Waals surface area contributed by atoms with Crippen molar-refractivity contribution in [3.63, 3.8) is 0 Å². The van der Waals surface area contributed by atoms with Crippen LogP contribution in [0.15, 0.2) is 36.4 Å². The molecule has 2 aliphatic carbocycles. The molecule has 5 aliphatic rings. The molecular formula is C40H50F3N5O11S. The van der Waals surface area contributed by atoms with Crippen molar-refractivity contribution in [2.75, 3.05) is 27.4 Å². The lowest BCUT2D eigenvalue weighted by Gasteiger charge is -2.44. The van der Waals surface area contributed by atoms with E-state index in [-0.39, 0.29) is 49.1 Å². The van der Waals surface area contributed by atoms with Crippen molar-refractivity contribution in [1.82, 2.24) is 24.8 Å². The van der Waals surface area contributed by atoms with Crippen LogP contribution in [0.5, 0.6) is 17.5 Å². The van der Waals surface area contributed by atoms with Crippen molar-refractivity contribution in [2.24, 2.45) is 17.8 Å². The van der Waals surface area contributed by atoms with Gasteiger partial charge >= 0.3 is 12.3 Å². The van der Waals surface area contributed by atoms with Crippen LogP contribution in [0.1, 0.15) is 65.7 Å². The first-order chi connectivity index (χ1) is 28.2. The molecule has 1 aromatic heterocycles. The van der Waals surface area contributed by atoms with E-state index in [4.69, 9.17) is 18.9 Å².